The Morgan fingerprint density at radius 3 is 1.92 bits per heavy atom. The second-order valence-corrected chi connectivity index (χ2v) is 1.98. The van der Waals surface area contributed by atoms with E-state index in [9.17, 15) is 22.1 Å². The van der Waals surface area contributed by atoms with Crippen LogP contribution in [-0.2, 0) is 9.47 Å². The van der Waals surface area contributed by atoms with Crippen molar-refractivity contribution in [3.63, 3.8) is 0 Å². The summed E-state index contributed by atoms with van der Waals surface area (Å²) in [6.07, 6.45) is -0.597. The molecular weight excluding hydrogens is 183 g/mol. The molecule has 0 aromatic heterocycles. The smallest absolute Gasteiger partial charge is 0.430 e. The maximum Gasteiger partial charge on any atom is 0.673 e. The summed E-state index contributed by atoms with van der Waals surface area (Å²) < 4.78 is 47.9. The average molecular weight is 189 g/mol. The number of cyclic esters (lactones) is 2. The van der Waals surface area contributed by atoms with Gasteiger partial charge in [-0.05, 0) is 6.92 Å². The largest absolute Gasteiger partial charge is 0.673 e. The Balaban J connectivity index is 0.000000217. The standard InChI is InChI=1S/C4H6O3.BF4/c1-3-2-6-4(5)7-3;2-1(3,4)5/h3H,2H2,1H3;/q;-1. The van der Waals surface area contributed by atoms with Crippen LogP contribution in [-0.4, -0.2) is 26.1 Å². The van der Waals surface area contributed by atoms with Gasteiger partial charge in [-0.15, -0.1) is 0 Å². The lowest BCUT2D eigenvalue weighted by atomic mass is 10.3. The van der Waals surface area contributed by atoms with Crippen LogP contribution in [0, 0.1) is 0 Å². The minimum absolute atomic E-state index is 0.0486. The number of carbonyl (C=O) groups is 1. The minimum atomic E-state index is -6.00. The Morgan fingerprint density at radius 2 is 1.83 bits per heavy atom. The Kier molecular flexibility index (Phi) is 3.84. The number of halogens is 4. The van der Waals surface area contributed by atoms with Gasteiger partial charge in [0.2, 0.25) is 0 Å². The highest BCUT2D eigenvalue weighted by molar-refractivity contribution is 6.50. The molecule has 1 heterocycles. The molecule has 0 spiro atoms. The zero-order valence-electron chi connectivity index (χ0n) is 6.10. The summed E-state index contributed by atoms with van der Waals surface area (Å²) in [5.74, 6) is 0. The molecule has 8 heteroatoms. The van der Waals surface area contributed by atoms with E-state index in [0.29, 0.717) is 6.61 Å². The average Bonchev–Trinajstić information content (AvgIpc) is 2.09. The van der Waals surface area contributed by atoms with Crippen LogP contribution in [0.5, 0.6) is 0 Å². The molecule has 12 heavy (non-hydrogen) atoms. The van der Waals surface area contributed by atoms with E-state index in [1.54, 1.807) is 6.92 Å². The summed E-state index contributed by atoms with van der Waals surface area (Å²) in [5, 5.41) is 0. The van der Waals surface area contributed by atoms with Crippen LogP contribution >= 0.6 is 0 Å². The molecule has 0 saturated carbocycles. The first-order valence-corrected chi connectivity index (χ1v) is 3.00. The van der Waals surface area contributed by atoms with Gasteiger partial charge in [0.15, 0.2) is 0 Å². The van der Waals surface area contributed by atoms with E-state index in [1.165, 1.54) is 0 Å². The third-order valence-electron chi connectivity index (χ3n) is 0.733. The first-order valence-electron chi connectivity index (χ1n) is 3.00. The molecule has 1 fully saturated rings. The first-order chi connectivity index (χ1) is 5.29. The third-order valence-corrected chi connectivity index (χ3v) is 0.733. The molecule has 0 aromatic carbocycles. The predicted octanol–water partition coefficient (Wildman–Crippen LogP) is 1.84. The van der Waals surface area contributed by atoms with E-state index in [-0.39, 0.29) is 6.10 Å². The summed E-state index contributed by atoms with van der Waals surface area (Å²) >= 11 is 0. The molecular formula is C4H6BF4O3-. The minimum Gasteiger partial charge on any atom is -0.430 e. The molecule has 0 aromatic rings. The monoisotopic (exact) mass is 189 g/mol. The highest BCUT2D eigenvalue weighted by atomic mass is 19.5. The molecule has 1 saturated heterocycles. The van der Waals surface area contributed by atoms with Gasteiger partial charge in [-0.25, -0.2) is 4.79 Å². The third kappa shape index (κ3) is 9.05. The van der Waals surface area contributed by atoms with Gasteiger partial charge in [0.25, 0.3) is 0 Å². The summed E-state index contributed by atoms with van der Waals surface area (Å²) in [4.78, 5) is 10.0. The van der Waals surface area contributed by atoms with Crippen LogP contribution in [0.4, 0.5) is 22.1 Å². The second kappa shape index (κ2) is 4.17. The Hall–Kier alpha value is -0.945. The van der Waals surface area contributed by atoms with E-state index in [4.69, 9.17) is 0 Å². The highest BCUT2D eigenvalue weighted by Gasteiger charge is 2.20. The number of hydrogen-bond donors (Lipinski definition) is 0. The number of rotatable bonds is 0. The van der Waals surface area contributed by atoms with E-state index < -0.39 is 13.4 Å². The van der Waals surface area contributed by atoms with Gasteiger partial charge in [-0.3, -0.25) is 0 Å². The molecule has 1 rings (SSSR count). The Bertz CT molecular complexity index is 153. The second-order valence-electron chi connectivity index (χ2n) is 1.98. The van der Waals surface area contributed by atoms with Crippen molar-refractivity contribution in [2.45, 2.75) is 13.0 Å². The predicted molar refractivity (Wildman–Crippen MR) is 32.1 cm³/mol. The molecule has 0 aliphatic carbocycles. The molecule has 1 aliphatic heterocycles. The summed E-state index contributed by atoms with van der Waals surface area (Å²) in [7, 11) is -6.00. The van der Waals surface area contributed by atoms with Gasteiger partial charge < -0.3 is 26.7 Å². The molecule has 1 aliphatic rings. The van der Waals surface area contributed by atoms with Crippen LogP contribution in [0.2, 0.25) is 0 Å². The van der Waals surface area contributed by atoms with Crippen molar-refractivity contribution in [2.75, 3.05) is 6.61 Å². The fourth-order valence-electron chi connectivity index (χ4n) is 0.418. The first kappa shape index (κ1) is 11.1. The number of hydrogen-bond acceptors (Lipinski definition) is 3. The molecule has 72 valence electrons. The van der Waals surface area contributed by atoms with Crippen molar-refractivity contribution in [2.24, 2.45) is 0 Å². The van der Waals surface area contributed by atoms with E-state index in [1.807, 2.05) is 0 Å². The van der Waals surface area contributed by atoms with Gasteiger partial charge in [0.05, 0.1) is 0 Å². The Morgan fingerprint density at radius 1 is 1.42 bits per heavy atom. The van der Waals surface area contributed by atoms with Gasteiger partial charge in [-0.2, -0.15) is 0 Å². The maximum atomic E-state index is 10.0. The molecule has 3 nitrogen and oxygen atoms in total. The van der Waals surface area contributed by atoms with Crippen LogP contribution in [0.25, 0.3) is 0 Å². The van der Waals surface area contributed by atoms with Gasteiger partial charge in [0.1, 0.15) is 12.7 Å². The van der Waals surface area contributed by atoms with Crippen LogP contribution < -0.4 is 0 Å². The summed E-state index contributed by atoms with van der Waals surface area (Å²) in [6, 6.07) is 0. The lowest BCUT2D eigenvalue weighted by Gasteiger charge is -1.94. The molecule has 1 atom stereocenters. The van der Waals surface area contributed by atoms with E-state index >= 15 is 0 Å². The maximum absolute atomic E-state index is 10.0. The molecule has 0 N–H and O–H groups in total. The number of carbonyl (C=O) groups excluding carboxylic acids is 1. The van der Waals surface area contributed by atoms with Crippen molar-refractivity contribution in [3.05, 3.63) is 0 Å². The van der Waals surface area contributed by atoms with Gasteiger partial charge >= 0.3 is 13.4 Å². The van der Waals surface area contributed by atoms with Gasteiger partial charge in [-0.1, -0.05) is 0 Å². The van der Waals surface area contributed by atoms with Crippen molar-refractivity contribution in [1.82, 2.24) is 0 Å². The molecule has 0 amide bonds. The molecule has 0 bridgehead atoms. The van der Waals surface area contributed by atoms with Gasteiger partial charge in [0, 0.05) is 0 Å². The lowest BCUT2D eigenvalue weighted by molar-refractivity contribution is 0.121. The lowest BCUT2D eigenvalue weighted by Crippen LogP contribution is -2.02. The quantitative estimate of drug-likeness (QED) is 0.331. The van der Waals surface area contributed by atoms with Crippen molar-refractivity contribution in [1.29, 1.82) is 0 Å². The van der Waals surface area contributed by atoms with Crippen molar-refractivity contribution >= 4 is 13.4 Å². The highest BCUT2D eigenvalue weighted by Crippen LogP contribution is 2.06. The fraction of sp³-hybridized carbons (Fsp3) is 0.750. The summed E-state index contributed by atoms with van der Waals surface area (Å²) in [6.45, 7) is 2.18. The summed E-state index contributed by atoms with van der Waals surface area (Å²) in [5.41, 5.74) is 0. The topological polar surface area (TPSA) is 35.5 Å². The fourth-order valence-corrected chi connectivity index (χ4v) is 0.418. The van der Waals surface area contributed by atoms with Crippen LogP contribution in [0.1, 0.15) is 6.92 Å². The zero-order chi connectivity index (χ0) is 9.78. The van der Waals surface area contributed by atoms with Crippen LogP contribution in [0.3, 0.4) is 0 Å². The normalized spacial score (nSPS) is 22.1. The van der Waals surface area contributed by atoms with Crippen molar-refractivity contribution in [3.8, 4) is 0 Å². The van der Waals surface area contributed by atoms with E-state index in [0.717, 1.165) is 0 Å². The molecule has 1 unspecified atom stereocenters. The number of ether oxygens (including phenoxy) is 2. The van der Waals surface area contributed by atoms with Crippen LogP contribution in [0.15, 0.2) is 0 Å². The zero-order valence-corrected chi connectivity index (χ0v) is 6.10. The molecule has 0 radical (unpaired) electrons. The van der Waals surface area contributed by atoms with E-state index in [2.05, 4.69) is 9.47 Å². The van der Waals surface area contributed by atoms with Crippen molar-refractivity contribution < 1.29 is 31.5 Å². The SMILES string of the molecule is CC1COC(=O)O1.F[B-](F)(F)F. The Labute approximate surface area is 65.7 Å².